The van der Waals surface area contributed by atoms with Gasteiger partial charge in [-0.2, -0.15) is 0 Å². The Morgan fingerprint density at radius 2 is 1.85 bits per heavy atom. The Morgan fingerprint density at radius 1 is 1.15 bits per heavy atom. The van der Waals surface area contributed by atoms with Gasteiger partial charge in [-0.1, -0.05) is 44.5 Å². The SMILES string of the molecule is CCCc1ccc(-n2nnc(C(N)CC)c2CC)cc1. The first-order valence-corrected chi connectivity index (χ1v) is 7.50. The second-order valence-electron chi connectivity index (χ2n) is 5.12. The van der Waals surface area contributed by atoms with Gasteiger partial charge >= 0.3 is 0 Å². The van der Waals surface area contributed by atoms with Crippen molar-refractivity contribution < 1.29 is 0 Å². The summed E-state index contributed by atoms with van der Waals surface area (Å²) in [6, 6.07) is 8.52. The van der Waals surface area contributed by atoms with Gasteiger partial charge in [0, 0.05) is 0 Å². The molecule has 20 heavy (non-hydrogen) atoms. The fourth-order valence-corrected chi connectivity index (χ4v) is 2.43. The molecule has 2 rings (SSSR count). The lowest BCUT2D eigenvalue weighted by molar-refractivity contribution is 0.665. The van der Waals surface area contributed by atoms with Crippen molar-refractivity contribution in [3.8, 4) is 5.69 Å². The predicted octanol–water partition coefficient (Wildman–Crippen LogP) is 3.19. The molecule has 4 heteroatoms. The van der Waals surface area contributed by atoms with Gasteiger partial charge in [0.2, 0.25) is 0 Å². The van der Waals surface area contributed by atoms with E-state index in [4.69, 9.17) is 5.73 Å². The minimum Gasteiger partial charge on any atom is -0.323 e. The molecule has 1 unspecified atom stereocenters. The number of nitrogens with two attached hydrogens (primary N) is 1. The molecule has 0 saturated heterocycles. The van der Waals surface area contributed by atoms with Gasteiger partial charge in [-0.15, -0.1) is 5.10 Å². The van der Waals surface area contributed by atoms with Crippen LogP contribution in [0.4, 0.5) is 0 Å². The first-order chi connectivity index (χ1) is 9.71. The highest BCUT2D eigenvalue weighted by atomic mass is 15.4. The molecule has 0 radical (unpaired) electrons. The van der Waals surface area contributed by atoms with E-state index in [0.29, 0.717) is 0 Å². The number of nitrogens with zero attached hydrogens (tertiary/aromatic N) is 3. The molecule has 108 valence electrons. The minimum atomic E-state index is -0.0296. The van der Waals surface area contributed by atoms with Gasteiger partial charge in [0.1, 0.15) is 5.69 Å². The number of aromatic nitrogens is 3. The Kier molecular flexibility index (Phi) is 4.90. The van der Waals surface area contributed by atoms with Crippen LogP contribution in [0.5, 0.6) is 0 Å². The average molecular weight is 272 g/mol. The summed E-state index contributed by atoms with van der Waals surface area (Å²) < 4.78 is 1.92. The molecule has 0 aliphatic rings. The molecule has 0 saturated carbocycles. The zero-order chi connectivity index (χ0) is 14.5. The maximum Gasteiger partial charge on any atom is 0.103 e. The fourth-order valence-electron chi connectivity index (χ4n) is 2.43. The summed E-state index contributed by atoms with van der Waals surface area (Å²) in [7, 11) is 0. The smallest absolute Gasteiger partial charge is 0.103 e. The van der Waals surface area contributed by atoms with Gasteiger partial charge in [0.15, 0.2) is 0 Å². The van der Waals surface area contributed by atoms with Crippen molar-refractivity contribution in [3.63, 3.8) is 0 Å². The first kappa shape index (κ1) is 14.7. The highest BCUT2D eigenvalue weighted by Gasteiger charge is 2.17. The Bertz CT molecular complexity index is 542. The molecule has 1 aromatic heterocycles. The molecule has 0 aliphatic heterocycles. The normalized spacial score (nSPS) is 12.6. The first-order valence-electron chi connectivity index (χ1n) is 7.50. The molecular weight excluding hydrogens is 248 g/mol. The molecule has 0 fully saturated rings. The highest BCUT2D eigenvalue weighted by Crippen LogP contribution is 2.20. The van der Waals surface area contributed by atoms with E-state index in [1.54, 1.807) is 0 Å². The summed E-state index contributed by atoms with van der Waals surface area (Å²) in [4.78, 5) is 0. The average Bonchev–Trinajstić information content (AvgIpc) is 2.91. The summed E-state index contributed by atoms with van der Waals surface area (Å²) in [5, 5.41) is 8.57. The Morgan fingerprint density at radius 3 is 2.40 bits per heavy atom. The van der Waals surface area contributed by atoms with Crippen LogP contribution in [0.15, 0.2) is 24.3 Å². The minimum absolute atomic E-state index is 0.0296. The van der Waals surface area contributed by atoms with Crippen molar-refractivity contribution in [2.24, 2.45) is 5.73 Å². The molecule has 0 aliphatic carbocycles. The van der Waals surface area contributed by atoms with Crippen LogP contribution >= 0.6 is 0 Å². The summed E-state index contributed by atoms with van der Waals surface area (Å²) >= 11 is 0. The van der Waals surface area contributed by atoms with Gasteiger partial charge in [-0.25, -0.2) is 4.68 Å². The van der Waals surface area contributed by atoms with Gasteiger partial charge in [-0.05, 0) is 37.0 Å². The largest absolute Gasteiger partial charge is 0.323 e. The van der Waals surface area contributed by atoms with Crippen molar-refractivity contribution in [2.45, 2.75) is 52.5 Å². The van der Waals surface area contributed by atoms with E-state index in [2.05, 4.69) is 55.3 Å². The van der Waals surface area contributed by atoms with Crippen molar-refractivity contribution in [1.82, 2.24) is 15.0 Å². The van der Waals surface area contributed by atoms with E-state index in [-0.39, 0.29) is 6.04 Å². The van der Waals surface area contributed by atoms with Gasteiger partial charge in [-0.3, -0.25) is 0 Å². The topological polar surface area (TPSA) is 56.7 Å². The zero-order valence-corrected chi connectivity index (χ0v) is 12.6. The molecule has 0 bridgehead atoms. The molecule has 4 nitrogen and oxygen atoms in total. The fraction of sp³-hybridized carbons (Fsp3) is 0.500. The van der Waals surface area contributed by atoms with E-state index in [1.807, 2.05) is 4.68 Å². The third kappa shape index (κ3) is 2.90. The van der Waals surface area contributed by atoms with Gasteiger partial charge < -0.3 is 5.73 Å². The number of hydrogen-bond acceptors (Lipinski definition) is 3. The molecule has 2 N–H and O–H groups in total. The van der Waals surface area contributed by atoms with Crippen LogP contribution in [0.1, 0.15) is 56.6 Å². The number of benzene rings is 1. The lowest BCUT2D eigenvalue weighted by Crippen LogP contribution is -2.12. The molecule has 1 heterocycles. The van der Waals surface area contributed by atoms with E-state index >= 15 is 0 Å². The van der Waals surface area contributed by atoms with Crippen LogP contribution in [-0.4, -0.2) is 15.0 Å². The Balaban J connectivity index is 2.34. The molecule has 0 amide bonds. The van der Waals surface area contributed by atoms with Crippen molar-refractivity contribution >= 4 is 0 Å². The summed E-state index contributed by atoms with van der Waals surface area (Å²) in [6.07, 6.45) is 4.04. The standard InChI is InChI=1S/C16H24N4/c1-4-7-12-8-10-13(11-9-12)20-15(6-3)16(18-19-20)14(17)5-2/h8-11,14H,4-7,17H2,1-3H3. The maximum atomic E-state index is 6.11. The van der Waals surface area contributed by atoms with Crippen LogP contribution in [0.2, 0.25) is 0 Å². The number of rotatable bonds is 6. The number of hydrogen-bond donors (Lipinski definition) is 1. The summed E-state index contributed by atoms with van der Waals surface area (Å²) in [6.45, 7) is 6.38. The monoisotopic (exact) mass is 272 g/mol. The highest BCUT2D eigenvalue weighted by molar-refractivity contribution is 5.36. The van der Waals surface area contributed by atoms with Gasteiger partial charge in [0.05, 0.1) is 17.4 Å². The van der Waals surface area contributed by atoms with Crippen molar-refractivity contribution in [2.75, 3.05) is 0 Å². The van der Waals surface area contributed by atoms with E-state index in [0.717, 1.165) is 36.3 Å². The van der Waals surface area contributed by atoms with E-state index < -0.39 is 0 Å². The van der Waals surface area contributed by atoms with Gasteiger partial charge in [0.25, 0.3) is 0 Å². The Labute approximate surface area is 121 Å². The lowest BCUT2D eigenvalue weighted by atomic mass is 10.1. The van der Waals surface area contributed by atoms with E-state index in [1.165, 1.54) is 12.0 Å². The van der Waals surface area contributed by atoms with E-state index in [9.17, 15) is 0 Å². The van der Waals surface area contributed by atoms with Crippen LogP contribution in [0, 0.1) is 0 Å². The van der Waals surface area contributed by atoms with Crippen molar-refractivity contribution in [1.29, 1.82) is 0 Å². The zero-order valence-electron chi connectivity index (χ0n) is 12.6. The Hall–Kier alpha value is -1.68. The molecule has 2 aromatic rings. The second-order valence-corrected chi connectivity index (χ2v) is 5.12. The number of aryl methyl sites for hydroxylation is 1. The summed E-state index contributed by atoms with van der Waals surface area (Å²) in [5.41, 5.74) is 10.6. The third-order valence-corrected chi connectivity index (χ3v) is 3.64. The molecule has 1 atom stereocenters. The maximum absolute atomic E-state index is 6.11. The molecular formula is C16H24N4. The van der Waals surface area contributed by atoms with Crippen LogP contribution in [-0.2, 0) is 12.8 Å². The molecule has 0 spiro atoms. The third-order valence-electron chi connectivity index (χ3n) is 3.64. The van der Waals surface area contributed by atoms with Crippen LogP contribution < -0.4 is 5.73 Å². The summed E-state index contributed by atoms with van der Waals surface area (Å²) in [5.74, 6) is 0. The predicted molar refractivity (Wildman–Crippen MR) is 82.0 cm³/mol. The van der Waals surface area contributed by atoms with Crippen molar-refractivity contribution in [3.05, 3.63) is 41.2 Å². The van der Waals surface area contributed by atoms with Crippen LogP contribution in [0.25, 0.3) is 5.69 Å². The quantitative estimate of drug-likeness (QED) is 0.878. The van der Waals surface area contributed by atoms with Crippen LogP contribution in [0.3, 0.4) is 0 Å². The lowest BCUT2D eigenvalue weighted by Gasteiger charge is -2.10. The molecule has 1 aromatic carbocycles. The second kappa shape index (κ2) is 6.66.